The molecule has 13 heavy (non-hydrogen) atoms. The summed E-state index contributed by atoms with van der Waals surface area (Å²) in [5, 5.41) is 0. The second-order valence-electron chi connectivity index (χ2n) is 2.95. The van der Waals surface area contributed by atoms with Gasteiger partial charge in [0.05, 0.1) is 14.1 Å². The molecule has 0 amide bonds. The molecule has 0 bridgehead atoms. The SMILES string of the molecule is [3H]C1C[C@@H](OC)[C@@H](COP(C)(O)=S)O1. The van der Waals surface area contributed by atoms with Gasteiger partial charge in [0.15, 0.2) is 6.49 Å². The normalized spacial score (nSPS) is 39.9. The Balaban J connectivity index is 2.40. The van der Waals surface area contributed by atoms with Gasteiger partial charge in [-0.1, -0.05) is 0 Å². The lowest BCUT2D eigenvalue weighted by Gasteiger charge is -2.19. The zero-order chi connectivity index (χ0) is 10.8. The number of methoxy groups -OCH3 is 1. The van der Waals surface area contributed by atoms with Gasteiger partial charge in [-0.3, -0.25) is 0 Å². The Labute approximate surface area is 84.8 Å². The molecule has 78 valence electrons. The maximum atomic E-state index is 9.26. The van der Waals surface area contributed by atoms with Crippen molar-refractivity contribution in [3.8, 4) is 0 Å². The number of rotatable bonds is 4. The van der Waals surface area contributed by atoms with Gasteiger partial charge in [-0.15, -0.1) is 0 Å². The van der Waals surface area contributed by atoms with Crippen molar-refractivity contribution < 1.29 is 20.3 Å². The molecule has 0 aliphatic carbocycles. The zero-order valence-electron chi connectivity index (χ0n) is 8.67. The van der Waals surface area contributed by atoms with Crippen LogP contribution in [0.3, 0.4) is 0 Å². The van der Waals surface area contributed by atoms with E-state index in [0.717, 1.165) is 0 Å². The van der Waals surface area contributed by atoms with E-state index >= 15 is 0 Å². The highest BCUT2D eigenvalue weighted by molar-refractivity contribution is 8.09. The van der Waals surface area contributed by atoms with Crippen molar-refractivity contribution in [1.29, 1.82) is 0 Å². The molecule has 0 aromatic heterocycles. The highest BCUT2D eigenvalue weighted by Gasteiger charge is 2.29. The predicted molar refractivity (Wildman–Crippen MR) is 53.5 cm³/mol. The van der Waals surface area contributed by atoms with Crippen molar-refractivity contribution in [3.05, 3.63) is 0 Å². The van der Waals surface area contributed by atoms with E-state index in [2.05, 4.69) is 0 Å². The lowest BCUT2D eigenvalue weighted by atomic mass is 10.2. The standard InChI is InChI=1S/C7H15O4PS/c1-9-6-3-4-10-7(6)5-11-12(2,8)13/h6-7H,3-5H2,1-2H3,(H,8,13)/t6-,7-,12?/m1/s1/i4T/t4?,6-,7-,12?. The molecule has 4 atom stereocenters. The summed E-state index contributed by atoms with van der Waals surface area (Å²) in [6.45, 7) is -1.53. The largest absolute Gasteiger partial charge is 0.379 e. The third kappa shape index (κ3) is 4.02. The van der Waals surface area contributed by atoms with E-state index in [4.69, 9.17) is 27.2 Å². The summed E-state index contributed by atoms with van der Waals surface area (Å²) in [7, 11) is 1.57. The first-order valence-corrected chi connectivity index (χ1v) is 7.09. The van der Waals surface area contributed by atoms with E-state index in [1.165, 1.54) is 6.66 Å². The van der Waals surface area contributed by atoms with Gasteiger partial charge < -0.3 is 18.9 Å². The molecule has 0 radical (unpaired) electrons. The van der Waals surface area contributed by atoms with E-state index in [1.54, 1.807) is 7.11 Å². The van der Waals surface area contributed by atoms with E-state index in [1.807, 2.05) is 0 Å². The molecule has 1 aliphatic heterocycles. The highest BCUT2D eigenvalue weighted by atomic mass is 32.5. The third-order valence-corrected chi connectivity index (χ3v) is 2.74. The molecule has 1 rings (SSSR count). The van der Waals surface area contributed by atoms with Crippen molar-refractivity contribution in [2.24, 2.45) is 0 Å². The predicted octanol–water partition coefficient (Wildman–Crippen LogP) is 0.738. The van der Waals surface area contributed by atoms with E-state index in [0.29, 0.717) is 6.42 Å². The van der Waals surface area contributed by atoms with Crippen molar-refractivity contribution in [1.82, 2.24) is 0 Å². The molecule has 1 heterocycles. The minimum atomic E-state index is -2.64. The van der Waals surface area contributed by atoms with Gasteiger partial charge in [-0.25, -0.2) is 0 Å². The first-order chi connectivity index (χ1) is 6.42. The Morgan fingerprint density at radius 2 is 2.54 bits per heavy atom. The van der Waals surface area contributed by atoms with Gasteiger partial charge in [0.25, 0.3) is 0 Å². The van der Waals surface area contributed by atoms with Crippen LogP contribution < -0.4 is 0 Å². The van der Waals surface area contributed by atoms with Gasteiger partial charge >= 0.3 is 0 Å². The Kier molecular flexibility index (Phi) is 3.72. The topological polar surface area (TPSA) is 47.9 Å². The molecule has 1 saturated heterocycles. The second kappa shape index (κ2) is 4.82. The molecule has 2 unspecified atom stereocenters. The summed E-state index contributed by atoms with van der Waals surface area (Å²) in [5.74, 6) is 0. The van der Waals surface area contributed by atoms with Gasteiger partial charge in [-0.05, 0) is 18.2 Å². The summed E-state index contributed by atoms with van der Waals surface area (Å²) in [6.07, 6.45) is 0.0960. The molecular weight excluding hydrogens is 211 g/mol. The minimum Gasteiger partial charge on any atom is -0.379 e. The zero-order valence-corrected chi connectivity index (χ0v) is 9.38. The Morgan fingerprint density at radius 1 is 1.85 bits per heavy atom. The van der Waals surface area contributed by atoms with Crippen molar-refractivity contribution in [2.75, 3.05) is 27.0 Å². The van der Waals surface area contributed by atoms with Crippen LogP contribution in [0.4, 0.5) is 0 Å². The molecule has 6 heteroatoms. The van der Waals surface area contributed by atoms with Crippen molar-refractivity contribution in [2.45, 2.75) is 18.6 Å². The quantitative estimate of drug-likeness (QED) is 0.719. The molecule has 4 nitrogen and oxygen atoms in total. The molecule has 0 saturated carbocycles. The maximum absolute atomic E-state index is 9.26. The van der Waals surface area contributed by atoms with E-state index in [9.17, 15) is 4.89 Å². The maximum Gasteiger partial charge on any atom is 0.183 e. The van der Waals surface area contributed by atoms with Crippen LogP contribution in [-0.4, -0.2) is 44.1 Å². The average molecular weight is 228 g/mol. The molecule has 0 spiro atoms. The fourth-order valence-electron chi connectivity index (χ4n) is 1.12. The van der Waals surface area contributed by atoms with Crippen molar-refractivity contribution >= 4 is 18.3 Å². The minimum absolute atomic E-state index is 0.140. The van der Waals surface area contributed by atoms with Crippen LogP contribution in [0.25, 0.3) is 0 Å². The Morgan fingerprint density at radius 3 is 3.08 bits per heavy atom. The van der Waals surface area contributed by atoms with Gasteiger partial charge in [0.1, 0.15) is 6.10 Å². The van der Waals surface area contributed by atoms with Crippen LogP contribution in [0.15, 0.2) is 0 Å². The van der Waals surface area contributed by atoms with Crippen LogP contribution in [-0.2, 0) is 25.8 Å². The smallest absolute Gasteiger partial charge is 0.183 e. The summed E-state index contributed by atoms with van der Waals surface area (Å²) in [6, 6.07) is 0. The molecule has 1 N–H and O–H groups in total. The molecular formula is C7H15O4PS. The van der Waals surface area contributed by atoms with E-state index in [-0.39, 0.29) is 18.8 Å². The molecule has 0 aromatic carbocycles. The van der Waals surface area contributed by atoms with E-state index < -0.39 is 13.1 Å². The summed E-state index contributed by atoms with van der Waals surface area (Å²) in [4.78, 5) is 9.26. The molecule has 0 aromatic rings. The lowest BCUT2D eigenvalue weighted by Crippen LogP contribution is -2.27. The Bertz CT molecular complexity index is 234. The Hall–Kier alpha value is 0.490. The van der Waals surface area contributed by atoms with Crippen molar-refractivity contribution in [3.63, 3.8) is 0 Å². The number of hydrogen-bond acceptors (Lipinski definition) is 4. The first kappa shape index (κ1) is 10.0. The highest BCUT2D eigenvalue weighted by Crippen LogP contribution is 2.37. The van der Waals surface area contributed by atoms with Gasteiger partial charge in [0, 0.05) is 20.4 Å². The fourth-order valence-corrected chi connectivity index (χ4v) is 1.73. The molecule has 1 fully saturated rings. The third-order valence-electron chi connectivity index (χ3n) is 1.80. The van der Waals surface area contributed by atoms with Crippen LogP contribution >= 0.6 is 6.49 Å². The fraction of sp³-hybridized carbons (Fsp3) is 1.00. The first-order valence-electron chi connectivity index (χ1n) is 4.55. The second-order valence-corrected chi connectivity index (χ2v) is 6.85. The summed E-state index contributed by atoms with van der Waals surface area (Å²) >= 11 is 4.73. The van der Waals surface area contributed by atoms with Crippen LogP contribution in [0, 0.1) is 0 Å². The van der Waals surface area contributed by atoms with Gasteiger partial charge in [-0.2, -0.15) is 0 Å². The molecule has 1 aliphatic rings. The lowest BCUT2D eigenvalue weighted by molar-refractivity contribution is -0.00840. The van der Waals surface area contributed by atoms with Crippen LogP contribution in [0.5, 0.6) is 0 Å². The number of hydrogen-bond donors (Lipinski definition) is 1. The monoisotopic (exact) mass is 228 g/mol. The number of ether oxygens (including phenoxy) is 2. The average Bonchev–Trinajstić information content (AvgIpc) is 2.41. The van der Waals surface area contributed by atoms with Crippen LogP contribution in [0.1, 0.15) is 7.79 Å². The van der Waals surface area contributed by atoms with Gasteiger partial charge in [0.2, 0.25) is 0 Å². The summed E-state index contributed by atoms with van der Waals surface area (Å²) < 4.78 is 22.8. The summed E-state index contributed by atoms with van der Waals surface area (Å²) in [5.41, 5.74) is 0. The van der Waals surface area contributed by atoms with Crippen LogP contribution in [0.2, 0.25) is 0 Å².